The first-order valence-electron chi connectivity index (χ1n) is 6.17. The van der Waals surface area contributed by atoms with E-state index in [0.717, 1.165) is 6.54 Å². The lowest BCUT2D eigenvalue weighted by molar-refractivity contribution is 0.0939. The van der Waals surface area contributed by atoms with Crippen molar-refractivity contribution < 1.29 is 4.79 Å². The Labute approximate surface area is 116 Å². The van der Waals surface area contributed by atoms with E-state index in [4.69, 9.17) is 11.6 Å². The first-order valence-corrected chi connectivity index (χ1v) is 6.55. The van der Waals surface area contributed by atoms with Gasteiger partial charge in [-0.3, -0.25) is 14.2 Å². The Bertz CT molecular complexity index is 574. The molecule has 0 saturated carbocycles. The van der Waals surface area contributed by atoms with Crippen molar-refractivity contribution in [1.29, 1.82) is 0 Å². The summed E-state index contributed by atoms with van der Waals surface area (Å²) in [5, 5.41) is 11.7. The molecule has 102 valence electrons. The Hall–Kier alpha value is -1.82. The minimum absolute atomic E-state index is 0.179. The summed E-state index contributed by atoms with van der Waals surface area (Å²) in [4.78, 5) is 12.0. The zero-order valence-electron chi connectivity index (χ0n) is 10.9. The van der Waals surface area contributed by atoms with E-state index in [2.05, 4.69) is 15.5 Å². The Morgan fingerprint density at radius 2 is 2.21 bits per heavy atom. The van der Waals surface area contributed by atoms with Crippen LogP contribution in [-0.4, -0.2) is 25.5 Å². The number of halogens is 1. The molecule has 0 aromatic carbocycles. The van der Waals surface area contributed by atoms with Gasteiger partial charge in [0, 0.05) is 25.5 Å². The molecule has 2 rings (SSSR count). The van der Waals surface area contributed by atoms with Crippen LogP contribution in [0.2, 0.25) is 5.02 Å². The first-order chi connectivity index (χ1) is 9.15. The predicted octanol–water partition coefficient (Wildman–Crippen LogP) is 1.70. The summed E-state index contributed by atoms with van der Waals surface area (Å²) in [6.45, 7) is 5.62. The van der Waals surface area contributed by atoms with Crippen LogP contribution in [0.4, 0.5) is 0 Å². The molecular formula is C12H16ClN5O. The highest BCUT2D eigenvalue weighted by molar-refractivity contribution is 6.31. The highest BCUT2D eigenvalue weighted by atomic mass is 35.5. The van der Waals surface area contributed by atoms with E-state index in [-0.39, 0.29) is 5.91 Å². The van der Waals surface area contributed by atoms with Crippen molar-refractivity contribution in [3.63, 3.8) is 0 Å². The molecule has 0 atom stereocenters. The van der Waals surface area contributed by atoms with Gasteiger partial charge in [0.05, 0.1) is 11.6 Å². The van der Waals surface area contributed by atoms with Crippen LogP contribution in [0.1, 0.15) is 30.0 Å². The largest absolute Gasteiger partial charge is 0.345 e. The van der Waals surface area contributed by atoms with Crippen molar-refractivity contribution >= 4 is 17.5 Å². The second-order valence-corrected chi connectivity index (χ2v) is 4.40. The van der Waals surface area contributed by atoms with Gasteiger partial charge in [0.2, 0.25) is 0 Å². The fraction of sp³-hybridized carbons (Fsp3) is 0.417. The number of amides is 1. The molecule has 2 heterocycles. The van der Waals surface area contributed by atoms with Gasteiger partial charge in [-0.1, -0.05) is 11.6 Å². The third-order valence-electron chi connectivity index (χ3n) is 2.78. The SMILES string of the molecule is CCn1cc(Cl)c(CNC(=O)c2ccnn2CC)n1. The standard InChI is InChI=1S/C12H16ClN5O/c1-3-17-8-9(13)10(16-17)7-14-12(19)11-5-6-15-18(11)4-2/h5-6,8H,3-4,7H2,1-2H3,(H,14,19). The highest BCUT2D eigenvalue weighted by Gasteiger charge is 2.12. The van der Waals surface area contributed by atoms with E-state index in [1.165, 1.54) is 0 Å². The second kappa shape index (κ2) is 5.88. The van der Waals surface area contributed by atoms with Crippen LogP contribution < -0.4 is 5.32 Å². The van der Waals surface area contributed by atoms with Gasteiger partial charge in [-0.2, -0.15) is 10.2 Å². The lowest BCUT2D eigenvalue weighted by Crippen LogP contribution is -2.26. The molecule has 0 aliphatic carbocycles. The van der Waals surface area contributed by atoms with Crippen molar-refractivity contribution in [2.45, 2.75) is 33.5 Å². The molecule has 0 aliphatic rings. The molecule has 0 unspecified atom stereocenters. The quantitative estimate of drug-likeness (QED) is 0.907. The monoisotopic (exact) mass is 281 g/mol. The number of carbonyl (C=O) groups excluding carboxylic acids is 1. The van der Waals surface area contributed by atoms with Crippen molar-refractivity contribution in [3.05, 3.63) is 34.9 Å². The number of hydrogen-bond donors (Lipinski definition) is 1. The molecule has 0 spiro atoms. The molecule has 1 amide bonds. The van der Waals surface area contributed by atoms with Crippen molar-refractivity contribution in [2.24, 2.45) is 0 Å². The number of nitrogens with zero attached hydrogens (tertiary/aromatic N) is 4. The molecule has 0 radical (unpaired) electrons. The topological polar surface area (TPSA) is 64.7 Å². The molecule has 19 heavy (non-hydrogen) atoms. The molecule has 2 aromatic rings. The summed E-state index contributed by atoms with van der Waals surface area (Å²) in [6, 6.07) is 1.69. The summed E-state index contributed by atoms with van der Waals surface area (Å²) in [5.41, 5.74) is 1.20. The number of aromatic nitrogens is 4. The van der Waals surface area contributed by atoms with Gasteiger partial charge in [-0.05, 0) is 19.9 Å². The molecule has 0 bridgehead atoms. The molecule has 1 N–H and O–H groups in total. The lowest BCUT2D eigenvalue weighted by atomic mass is 10.3. The van der Waals surface area contributed by atoms with Gasteiger partial charge in [0.25, 0.3) is 5.91 Å². The van der Waals surface area contributed by atoms with Gasteiger partial charge in [0.15, 0.2) is 0 Å². The van der Waals surface area contributed by atoms with E-state index in [1.54, 1.807) is 27.8 Å². The molecule has 0 fully saturated rings. The minimum atomic E-state index is -0.179. The Kier molecular flexibility index (Phi) is 4.21. The Morgan fingerprint density at radius 3 is 2.84 bits per heavy atom. The fourth-order valence-electron chi connectivity index (χ4n) is 1.75. The second-order valence-electron chi connectivity index (χ2n) is 3.99. The van der Waals surface area contributed by atoms with Gasteiger partial charge >= 0.3 is 0 Å². The van der Waals surface area contributed by atoms with E-state index in [0.29, 0.717) is 29.5 Å². The van der Waals surface area contributed by atoms with Gasteiger partial charge < -0.3 is 5.32 Å². The molecular weight excluding hydrogens is 266 g/mol. The summed E-state index contributed by atoms with van der Waals surface area (Å²) in [6.07, 6.45) is 3.36. The molecule has 6 nitrogen and oxygen atoms in total. The van der Waals surface area contributed by atoms with Crippen LogP contribution in [0.5, 0.6) is 0 Å². The molecule has 0 saturated heterocycles. The van der Waals surface area contributed by atoms with E-state index >= 15 is 0 Å². The van der Waals surface area contributed by atoms with Crippen molar-refractivity contribution in [2.75, 3.05) is 0 Å². The summed E-state index contributed by atoms with van der Waals surface area (Å²) in [7, 11) is 0. The van der Waals surface area contributed by atoms with Gasteiger partial charge in [0.1, 0.15) is 11.4 Å². The van der Waals surface area contributed by atoms with Crippen LogP contribution in [0, 0.1) is 0 Å². The maximum Gasteiger partial charge on any atom is 0.269 e. The Morgan fingerprint density at radius 1 is 1.42 bits per heavy atom. The maximum atomic E-state index is 12.0. The number of rotatable bonds is 5. The number of hydrogen-bond acceptors (Lipinski definition) is 3. The van der Waals surface area contributed by atoms with E-state index in [1.807, 2.05) is 13.8 Å². The third-order valence-corrected chi connectivity index (χ3v) is 3.09. The lowest BCUT2D eigenvalue weighted by Gasteiger charge is -2.05. The van der Waals surface area contributed by atoms with Crippen LogP contribution in [0.3, 0.4) is 0 Å². The van der Waals surface area contributed by atoms with Crippen LogP contribution in [-0.2, 0) is 19.6 Å². The van der Waals surface area contributed by atoms with E-state index in [9.17, 15) is 4.79 Å². The van der Waals surface area contributed by atoms with Gasteiger partial charge in [-0.15, -0.1) is 0 Å². The summed E-state index contributed by atoms with van der Waals surface area (Å²) >= 11 is 6.04. The summed E-state index contributed by atoms with van der Waals surface area (Å²) < 4.78 is 3.38. The molecule has 0 aliphatic heterocycles. The van der Waals surface area contributed by atoms with E-state index < -0.39 is 0 Å². The fourth-order valence-corrected chi connectivity index (χ4v) is 1.97. The smallest absolute Gasteiger partial charge is 0.269 e. The third kappa shape index (κ3) is 2.96. The van der Waals surface area contributed by atoms with Crippen LogP contribution in [0.15, 0.2) is 18.5 Å². The number of carbonyl (C=O) groups is 1. The normalized spacial score (nSPS) is 10.7. The maximum absolute atomic E-state index is 12.0. The number of nitrogens with one attached hydrogen (secondary N) is 1. The van der Waals surface area contributed by atoms with Crippen LogP contribution >= 0.6 is 11.6 Å². The summed E-state index contributed by atoms with van der Waals surface area (Å²) in [5.74, 6) is -0.179. The average molecular weight is 282 g/mol. The highest BCUT2D eigenvalue weighted by Crippen LogP contribution is 2.13. The molecule has 7 heteroatoms. The predicted molar refractivity (Wildman–Crippen MR) is 72.0 cm³/mol. The Balaban J connectivity index is 2.02. The zero-order valence-corrected chi connectivity index (χ0v) is 11.7. The minimum Gasteiger partial charge on any atom is -0.345 e. The first kappa shape index (κ1) is 13.6. The van der Waals surface area contributed by atoms with Crippen molar-refractivity contribution in [1.82, 2.24) is 24.9 Å². The number of aryl methyl sites for hydroxylation is 2. The van der Waals surface area contributed by atoms with Crippen molar-refractivity contribution in [3.8, 4) is 0 Å². The van der Waals surface area contributed by atoms with Crippen LogP contribution in [0.25, 0.3) is 0 Å². The zero-order chi connectivity index (χ0) is 13.8. The van der Waals surface area contributed by atoms with Gasteiger partial charge in [-0.25, -0.2) is 0 Å². The molecule has 2 aromatic heterocycles. The average Bonchev–Trinajstić information content (AvgIpc) is 3.02.